The van der Waals surface area contributed by atoms with Gasteiger partial charge in [0, 0.05) is 17.2 Å². The van der Waals surface area contributed by atoms with Gasteiger partial charge in [-0.2, -0.15) is 0 Å². The van der Waals surface area contributed by atoms with Crippen molar-refractivity contribution >= 4 is 27.7 Å². The number of aryl methyl sites for hydroxylation is 1. The van der Waals surface area contributed by atoms with Gasteiger partial charge < -0.3 is 15.7 Å². The summed E-state index contributed by atoms with van der Waals surface area (Å²) in [5.74, 6) is 0.0936. The van der Waals surface area contributed by atoms with Crippen molar-refractivity contribution < 1.29 is 9.90 Å². The molecule has 0 aromatic carbocycles. The van der Waals surface area contributed by atoms with E-state index < -0.39 is 11.5 Å². The maximum Gasteiger partial charge on any atom is 0.251 e. The van der Waals surface area contributed by atoms with Gasteiger partial charge in [0.25, 0.3) is 5.91 Å². The maximum atomic E-state index is 11.3. The number of aliphatic hydroxyl groups is 1. The summed E-state index contributed by atoms with van der Waals surface area (Å²) in [5, 5.41) is 10.2. The van der Waals surface area contributed by atoms with Crippen LogP contribution in [0.1, 0.15) is 18.4 Å². The Labute approximate surface area is 114 Å². The lowest BCUT2D eigenvalue weighted by Gasteiger charge is -2.37. The lowest BCUT2D eigenvalue weighted by atomic mass is 9.92. The number of piperidine rings is 1. The normalized spacial score (nSPS) is 24.1. The van der Waals surface area contributed by atoms with Gasteiger partial charge in [0.1, 0.15) is 5.82 Å². The van der Waals surface area contributed by atoms with Crippen molar-refractivity contribution in [3.8, 4) is 0 Å². The highest BCUT2D eigenvalue weighted by Crippen LogP contribution is 2.26. The van der Waals surface area contributed by atoms with Crippen LogP contribution >= 0.6 is 15.9 Å². The Morgan fingerprint density at radius 3 is 3.00 bits per heavy atom. The maximum absolute atomic E-state index is 11.3. The van der Waals surface area contributed by atoms with E-state index in [2.05, 4.69) is 20.9 Å². The minimum absolute atomic E-state index is 0.205. The third-order valence-electron chi connectivity index (χ3n) is 3.29. The number of aromatic nitrogens is 1. The summed E-state index contributed by atoms with van der Waals surface area (Å²) in [6.45, 7) is 2.94. The minimum atomic E-state index is -1.44. The number of β-amino-alcohol motifs (C(OH)–C–C–N with tert-alkyl or cyclic N) is 1. The molecular weight excluding hydrogens is 298 g/mol. The summed E-state index contributed by atoms with van der Waals surface area (Å²) >= 11 is 3.39. The van der Waals surface area contributed by atoms with Crippen LogP contribution < -0.4 is 10.6 Å². The number of anilines is 1. The molecule has 1 aromatic heterocycles. The molecule has 18 heavy (non-hydrogen) atoms. The molecule has 0 aliphatic carbocycles. The van der Waals surface area contributed by atoms with E-state index in [1.165, 1.54) is 0 Å². The van der Waals surface area contributed by atoms with Gasteiger partial charge in [0.05, 0.1) is 6.54 Å². The molecule has 0 spiro atoms. The Morgan fingerprint density at radius 2 is 2.39 bits per heavy atom. The first-order chi connectivity index (χ1) is 8.42. The van der Waals surface area contributed by atoms with Crippen LogP contribution in [0, 0.1) is 6.92 Å². The second kappa shape index (κ2) is 4.85. The highest BCUT2D eigenvalue weighted by molar-refractivity contribution is 9.10. The van der Waals surface area contributed by atoms with Gasteiger partial charge in [-0.25, -0.2) is 4.98 Å². The first-order valence-electron chi connectivity index (χ1n) is 5.82. The smallest absolute Gasteiger partial charge is 0.251 e. The highest BCUT2D eigenvalue weighted by atomic mass is 79.9. The van der Waals surface area contributed by atoms with Crippen LogP contribution in [-0.4, -0.2) is 34.7 Å². The molecule has 6 heteroatoms. The van der Waals surface area contributed by atoms with Crippen LogP contribution in [0.3, 0.4) is 0 Å². The SMILES string of the molecule is Cc1cc(N2CCCC(O)(C(N)=O)C2)ncc1Br. The van der Waals surface area contributed by atoms with E-state index in [9.17, 15) is 9.90 Å². The Morgan fingerprint density at radius 1 is 1.67 bits per heavy atom. The fraction of sp³-hybridized carbons (Fsp3) is 0.500. The molecule has 1 atom stereocenters. The quantitative estimate of drug-likeness (QED) is 0.852. The minimum Gasteiger partial charge on any atom is -0.378 e. The summed E-state index contributed by atoms with van der Waals surface area (Å²) in [4.78, 5) is 17.5. The molecule has 5 nitrogen and oxygen atoms in total. The predicted octanol–water partition coefficient (Wildman–Crippen LogP) is 0.969. The fourth-order valence-corrected chi connectivity index (χ4v) is 2.35. The monoisotopic (exact) mass is 313 g/mol. The summed E-state index contributed by atoms with van der Waals surface area (Å²) in [7, 11) is 0. The Kier molecular flexibility index (Phi) is 3.59. The van der Waals surface area contributed by atoms with Crippen LogP contribution in [0.4, 0.5) is 5.82 Å². The average molecular weight is 314 g/mol. The standard InChI is InChI=1S/C12H16BrN3O2/c1-8-5-10(15-6-9(8)13)16-4-2-3-12(18,7-16)11(14)17/h5-6,18H,2-4,7H2,1H3,(H2,14,17). The van der Waals surface area contributed by atoms with Crippen LogP contribution in [-0.2, 0) is 4.79 Å². The molecule has 2 heterocycles. The molecular formula is C12H16BrN3O2. The van der Waals surface area contributed by atoms with E-state index >= 15 is 0 Å². The summed E-state index contributed by atoms with van der Waals surface area (Å²) < 4.78 is 0.938. The van der Waals surface area contributed by atoms with Gasteiger partial charge in [-0.05, 0) is 47.3 Å². The van der Waals surface area contributed by atoms with Gasteiger partial charge in [-0.1, -0.05) is 0 Å². The lowest BCUT2D eigenvalue weighted by molar-refractivity contribution is -0.137. The van der Waals surface area contributed by atoms with Crippen molar-refractivity contribution in [2.45, 2.75) is 25.4 Å². The zero-order valence-corrected chi connectivity index (χ0v) is 11.8. The van der Waals surface area contributed by atoms with Crippen LogP contribution in [0.25, 0.3) is 0 Å². The second-order valence-electron chi connectivity index (χ2n) is 4.71. The molecule has 0 radical (unpaired) electrons. The number of pyridine rings is 1. The van der Waals surface area contributed by atoms with Gasteiger partial charge in [-0.3, -0.25) is 4.79 Å². The molecule has 1 aliphatic heterocycles. The van der Waals surface area contributed by atoms with E-state index in [0.717, 1.165) is 28.8 Å². The Hall–Kier alpha value is -1.14. The number of nitrogens with zero attached hydrogens (tertiary/aromatic N) is 2. The molecule has 3 N–H and O–H groups in total. The largest absolute Gasteiger partial charge is 0.378 e. The number of nitrogens with two attached hydrogens (primary N) is 1. The van der Waals surface area contributed by atoms with Crippen molar-refractivity contribution in [1.82, 2.24) is 4.98 Å². The fourth-order valence-electron chi connectivity index (χ4n) is 2.13. The van der Waals surface area contributed by atoms with Gasteiger partial charge in [-0.15, -0.1) is 0 Å². The number of amides is 1. The molecule has 0 bridgehead atoms. The van der Waals surface area contributed by atoms with Crippen LogP contribution in [0.15, 0.2) is 16.7 Å². The van der Waals surface area contributed by atoms with E-state index in [1.807, 2.05) is 17.9 Å². The number of carbonyl (C=O) groups is 1. The van der Waals surface area contributed by atoms with Crippen molar-refractivity contribution in [2.75, 3.05) is 18.0 Å². The topological polar surface area (TPSA) is 79.5 Å². The van der Waals surface area contributed by atoms with E-state index in [-0.39, 0.29) is 6.54 Å². The number of carbonyl (C=O) groups excluding carboxylic acids is 1. The Balaban J connectivity index is 2.23. The molecule has 1 aromatic rings. The van der Waals surface area contributed by atoms with Crippen molar-refractivity contribution in [3.05, 3.63) is 22.3 Å². The first kappa shape index (κ1) is 13.3. The number of rotatable bonds is 2. The predicted molar refractivity (Wildman–Crippen MR) is 72.3 cm³/mol. The van der Waals surface area contributed by atoms with E-state index in [1.54, 1.807) is 6.20 Å². The molecule has 1 fully saturated rings. The van der Waals surface area contributed by atoms with Crippen molar-refractivity contribution in [2.24, 2.45) is 5.73 Å². The molecule has 1 saturated heterocycles. The third kappa shape index (κ3) is 2.49. The number of halogens is 1. The van der Waals surface area contributed by atoms with Crippen molar-refractivity contribution in [1.29, 1.82) is 0 Å². The molecule has 1 aliphatic rings. The Bertz CT molecular complexity index is 480. The second-order valence-corrected chi connectivity index (χ2v) is 5.57. The molecule has 1 amide bonds. The molecule has 2 rings (SSSR count). The van der Waals surface area contributed by atoms with Gasteiger partial charge in [0.2, 0.25) is 0 Å². The number of hydrogen-bond acceptors (Lipinski definition) is 4. The zero-order valence-electron chi connectivity index (χ0n) is 10.2. The van der Waals surface area contributed by atoms with Gasteiger partial charge in [0.15, 0.2) is 5.60 Å². The van der Waals surface area contributed by atoms with Crippen LogP contribution in [0.2, 0.25) is 0 Å². The molecule has 1 unspecified atom stereocenters. The molecule has 0 saturated carbocycles. The van der Waals surface area contributed by atoms with E-state index in [4.69, 9.17) is 5.73 Å². The number of primary amides is 1. The van der Waals surface area contributed by atoms with Crippen LogP contribution in [0.5, 0.6) is 0 Å². The highest BCUT2D eigenvalue weighted by Gasteiger charge is 2.39. The van der Waals surface area contributed by atoms with Gasteiger partial charge >= 0.3 is 0 Å². The number of hydrogen-bond donors (Lipinski definition) is 2. The average Bonchev–Trinajstić information content (AvgIpc) is 2.32. The summed E-state index contributed by atoms with van der Waals surface area (Å²) in [6, 6.07) is 1.93. The van der Waals surface area contributed by atoms with E-state index in [0.29, 0.717) is 6.42 Å². The first-order valence-corrected chi connectivity index (χ1v) is 6.61. The molecule has 98 valence electrons. The third-order valence-corrected chi connectivity index (χ3v) is 4.12. The summed E-state index contributed by atoms with van der Waals surface area (Å²) in [5.41, 5.74) is 4.87. The zero-order chi connectivity index (χ0) is 13.3. The lowest BCUT2D eigenvalue weighted by Crippen LogP contribution is -2.56. The summed E-state index contributed by atoms with van der Waals surface area (Å²) in [6.07, 6.45) is 2.85. The van der Waals surface area contributed by atoms with Crippen molar-refractivity contribution in [3.63, 3.8) is 0 Å².